The van der Waals surface area contributed by atoms with Gasteiger partial charge in [-0.15, -0.1) is 11.6 Å². The molecule has 3 rings (SSSR count). The van der Waals surface area contributed by atoms with Crippen molar-refractivity contribution in [2.75, 3.05) is 5.75 Å². The molecule has 5 heteroatoms. The third-order valence-corrected chi connectivity index (χ3v) is 7.46. The average molecular weight is 343 g/mol. The summed E-state index contributed by atoms with van der Waals surface area (Å²) in [5.41, 5.74) is 0.854. The van der Waals surface area contributed by atoms with Gasteiger partial charge in [0, 0.05) is 10.4 Å². The molecule has 1 fully saturated rings. The summed E-state index contributed by atoms with van der Waals surface area (Å²) in [6.07, 6.45) is 2.29. The standard InChI is InChI=1S/C16H16Cl2O2S/c17-14-9-8-13(11-5-1-2-6-12(11)14)16(18)15-7-3-4-10-21(15,19)20/h1-2,5-6,8-9,15-16H,3-4,7,10H2. The van der Waals surface area contributed by atoms with Crippen molar-refractivity contribution in [2.45, 2.75) is 29.9 Å². The van der Waals surface area contributed by atoms with Crippen molar-refractivity contribution < 1.29 is 8.42 Å². The molecule has 0 spiro atoms. The topological polar surface area (TPSA) is 34.1 Å². The van der Waals surface area contributed by atoms with E-state index in [4.69, 9.17) is 23.2 Å². The van der Waals surface area contributed by atoms with Crippen LogP contribution in [-0.2, 0) is 9.84 Å². The summed E-state index contributed by atoms with van der Waals surface area (Å²) in [5.74, 6) is 0.242. The Morgan fingerprint density at radius 3 is 2.48 bits per heavy atom. The van der Waals surface area contributed by atoms with Crippen LogP contribution in [0.15, 0.2) is 36.4 Å². The average Bonchev–Trinajstić information content (AvgIpc) is 2.47. The number of rotatable bonds is 2. The van der Waals surface area contributed by atoms with Crippen LogP contribution in [0.4, 0.5) is 0 Å². The highest BCUT2D eigenvalue weighted by molar-refractivity contribution is 7.92. The molecule has 0 saturated carbocycles. The summed E-state index contributed by atoms with van der Waals surface area (Å²) in [6, 6.07) is 11.4. The molecule has 2 nitrogen and oxygen atoms in total. The van der Waals surface area contributed by atoms with E-state index >= 15 is 0 Å². The SMILES string of the molecule is O=S1(=O)CCCCC1C(Cl)c1ccc(Cl)c2ccccc12. The van der Waals surface area contributed by atoms with E-state index in [2.05, 4.69) is 0 Å². The summed E-state index contributed by atoms with van der Waals surface area (Å²) in [7, 11) is -3.11. The summed E-state index contributed by atoms with van der Waals surface area (Å²) >= 11 is 12.8. The molecular weight excluding hydrogens is 327 g/mol. The fraction of sp³-hybridized carbons (Fsp3) is 0.375. The molecule has 0 aromatic heterocycles. The number of fused-ring (bicyclic) bond motifs is 1. The second kappa shape index (κ2) is 5.79. The Morgan fingerprint density at radius 2 is 1.76 bits per heavy atom. The fourth-order valence-corrected chi connectivity index (χ4v) is 5.99. The van der Waals surface area contributed by atoms with Crippen LogP contribution in [0.5, 0.6) is 0 Å². The van der Waals surface area contributed by atoms with Crippen LogP contribution in [-0.4, -0.2) is 19.4 Å². The molecule has 0 aliphatic carbocycles. The van der Waals surface area contributed by atoms with Gasteiger partial charge in [-0.1, -0.05) is 48.4 Å². The van der Waals surface area contributed by atoms with Gasteiger partial charge < -0.3 is 0 Å². The molecule has 0 amide bonds. The minimum absolute atomic E-state index is 0.242. The largest absolute Gasteiger partial charge is 0.228 e. The van der Waals surface area contributed by atoms with Gasteiger partial charge in [0.1, 0.15) is 0 Å². The van der Waals surface area contributed by atoms with Crippen LogP contribution in [0.25, 0.3) is 10.8 Å². The van der Waals surface area contributed by atoms with E-state index in [9.17, 15) is 8.42 Å². The van der Waals surface area contributed by atoms with Crippen LogP contribution in [0, 0.1) is 0 Å². The van der Waals surface area contributed by atoms with E-state index in [1.54, 1.807) is 6.07 Å². The van der Waals surface area contributed by atoms with Crippen molar-refractivity contribution in [3.63, 3.8) is 0 Å². The van der Waals surface area contributed by atoms with Crippen LogP contribution in [0.2, 0.25) is 5.02 Å². The van der Waals surface area contributed by atoms with Gasteiger partial charge in [-0.2, -0.15) is 0 Å². The van der Waals surface area contributed by atoms with Crippen LogP contribution in [0.3, 0.4) is 0 Å². The lowest BCUT2D eigenvalue weighted by molar-refractivity contribution is 0.534. The lowest BCUT2D eigenvalue weighted by Crippen LogP contribution is -2.32. The number of benzene rings is 2. The number of sulfone groups is 1. The van der Waals surface area contributed by atoms with Gasteiger partial charge in [0.2, 0.25) is 0 Å². The number of hydrogen-bond acceptors (Lipinski definition) is 2. The molecule has 1 aliphatic heterocycles. The van der Waals surface area contributed by atoms with Crippen LogP contribution >= 0.6 is 23.2 Å². The number of alkyl halides is 1. The Bertz CT molecular complexity index is 771. The van der Waals surface area contributed by atoms with Gasteiger partial charge in [-0.25, -0.2) is 8.42 Å². The van der Waals surface area contributed by atoms with Crippen LogP contribution in [0.1, 0.15) is 30.2 Å². The van der Waals surface area contributed by atoms with Crippen molar-refractivity contribution in [1.29, 1.82) is 0 Å². The molecule has 1 aliphatic rings. The van der Waals surface area contributed by atoms with Gasteiger partial charge in [0.15, 0.2) is 9.84 Å². The van der Waals surface area contributed by atoms with E-state index in [0.29, 0.717) is 11.4 Å². The minimum Gasteiger partial charge on any atom is -0.228 e. The lowest BCUT2D eigenvalue weighted by atomic mass is 9.98. The first-order valence-corrected chi connectivity index (χ1v) is 9.56. The van der Waals surface area contributed by atoms with Gasteiger partial charge in [-0.05, 0) is 29.9 Å². The molecule has 0 bridgehead atoms. The summed E-state index contributed by atoms with van der Waals surface area (Å²) < 4.78 is 24.6. The first-order chi connectivity index (χ1) is 10.0. The molecule has 1 heterocycles. The first-order valence-electron chi connectivity index (χ1n) is 7.03. The Kier molecular flexibility index (Phi) is 4.17. The normalized spacial score (nSPS) is 23.0. The van der Waals surface area contributed by atoms with E-state index in [1.165, 1.54) is 0 Å². The number of hydrogen-bond donors (Lipinski definition) is 0. The first kappa shape index (κ1) is 15.1. The van der Waals surface area contributed by atoms with Gasteiger partial charge >= 0.3 is 0 Å². The Morgan fingerprint density at radius 1 is 1.05 bits per heavy atom. The lowest BCUT2D eigenvalue weighted by Gasteiger charge is -2.27. The molecule has 2 atom stereocenters. The zero-order valence-corrected chi connectivity index (χ0v) is 13.8. The fourth-order valence-electron chi connectivity index (χ4n) is 3.03. The molecule has 1 saturated heterocycles. The monoisotopic (exact) mass is 342 g/mol. The van der Waals surface area contributed by atoms with E-state index in [1.807, 2.05) is 30.3 Å². The van der Waals surface area contributed by atoms with Crippen molar-refractivity contribution >= 4 is 43.8 Å². The molecule has 21 heavy (non-hydrogen) atoms. The molecule has 2 aromatic carbocycles. The van der Waals surface area contributed by atoms with E-state index < -0.39 is 20.5 Å². The maximum atomic E-state index is 12.3. The molecule has 0 radical (unpaired) electrons. The van der Waals surface area contributed by atoms with E-state index in [-0.39, 0.29) is 5.75 Å². The summed E-state index contributed by atoms with van der Waals surface area (Å²) in [6.45, 7) is 0. The van der Waals surface area contributed by atoms with Crippen molar-refractivity contribution in [1.82, 2.24) is 0 Å². The smallest absolute Gasteiger partial charge is 0.154 e. The summed E-state index contributed by atoms with van der Waals surface area (Å²) in [4.78, 5) is 0. The molecular formula is C16H16Cl2O2S. The molecule has 2 aromatic rings. The maximum absolute atomic E-state index is 12.3. The van der Waals surface area contributed by atoms with Gasteiger partial charge in [0.25, 0.3) is 0 Å². The van der Waals surface area contributed by atoms with Crippen molar-refractivity contribution in [3.8, 4) is 0 Å². The second-order valence-corrected chi connectivity index (χ2v) is 8.70. The van der Waals surface area contributed by atoms with E-state index in [0.717, 1.165) is 29.2 Å². The Balaban J connectivity index is 2.10. The third kappa shape index (κ3) is 2.79. The zero-order valence-electron chi connectivity index (χ0n) is 11.4. The molecule has 112 valence electrons. The molecule has 0 N–H and O–H groups in total. The predicted molar refractivity (Wildman–Crippen MR) is 89.0 cm³/mol. The Hall–Kier alpha value is -0.770. The second-order valence-electron chi connectivity index (χ2n) is 5.49. The maximum Gasteiger partial charge on any atom is 0.154 e. The third-order valence-electron chi connectivity index (χ3n) is 4.16. The highest BCUT2D eigenvalue weighted by atomic mass is 35.5. The van der Waals surface area contributed by atoms with Gasteiger partial charge in [-0.3, -0.25) is 0 Å². The predicted octanol–water partition coefficient (Wildman–Crippen LogP) is 4.74. The van der Waals surface area contributed by atoms with Crippen LogP contribution < -0.4 is 0 Å². The highest BCUT2D eigenvalue weighted by Gasteiger charge is 2.36. The van der Waals surface area contributed by atoms with Gasteiger partial charge in [0.05, 0.1) is 16.4 Å². The van der Waals surface area contributed by atoms with Crippen molar-refractivity contribution in [3.05, 3.63) is 47.0 Å². The quantitative estimate of drug-likeness (QED) is 0.738. The summed E-state index contributed by atoms with van der Waals surface area (Å²) in [5, 5.41) is 1.47. The zero-order chi connectivity index (χ0) is 15.0. The highest BCUT2D eigenvalue weighted by Crippen LogP contribution is 2.39. The number of halogens is 2. The molecule has 2 unspecified atom stereocenters. The van der Waals surface area contributed by atoms with Crippen molar-refractivity contribution in [2.24, 2.45) is 0 Å². The Labute approximate surface area is 135 Å². The minimum atomic E-state index is -3.11.